The van der Waals surface area contributed by atoms with Crippen LogP contribution in [0.15, 0.2) is 29.6 Å². The van der Waals surface area contributed by atoms with E-state index in [1.165, 1.54) is 17.4 Å². The predicted octanol–water partition coefficient (Wildman–Crippen LogP) is 2.53. The van der Waals surface area contributed by atoms with Crippen LogP contribution in [-0.2, 0) is 6.42 Å². The van der Waals surface area contributed by atoms with Gasteiger partial charge in [-0.2, -0.15) is 12.6 Å². The van der Waals surface area contributed by atoms with Crippen molar-refractivity contribution in [2.45, 2.75) is 6.42 Å². The topological polar surface area (TPSA) is 42.0 Å². The van der Waals surface area contributed by atoms with Gasteiger partial charge in [0.15, 0.2) is 0 Å². The summed E-state index contributed by atoms with van der Waals surface area (Å²) in [6, 6.07) is 6.57. The third-order valence-electron chi connectivity index (χ3n) is 2.48. The fourth-order valence-electron chi connectivity index (χ4n) is 1.56. The van der Waals surface area contributed by atoms with E-state index in [0.29, 0.717) is 30.0 Å². The van der Waals surface area contributed by atoms with Crippen molar-refractivity contribution in [1.82, 2.24) is 10.3 Å². The summed E-state index contributed by atoms with van der Waals surface area (Å²) in [7, 11) is 0. The van der Waals surface area contributed by atoms with Crippen molar-refractivity contribution in [2.75, 3.05) is 12.3 Å². The van der Waals surface area contributed by atoms with E-state index < -0.39 is 0 Å². The number of benzene rings is 1. The molecule has 6 heteroatoms. The Morgan fingerprint density at radius 2 is 2.21 bits per heavy atom. The van der Waals surface area contributed by atoms with Crippen LogP contribution in [-0.4, -0.2) is 23.2 Å². The SMILES string of the molecule is O=C(NCCS)c1csc(Cc2ccccc2F)n1. The maximum atomic E-state index is 13.5. The average Bonchev–Trinajstić information content (AvgIpc) is 2.87. The van der Waals surface area contributed by atoms with Gasteiger partial charge in [0.2, 0.25) is 0 Å². The first kappa shape index (κ1) is 14.0. The Morgan fingerprint density at radius 1 is 1.42 bits per heavy atom. The number of aromatic nitrogens is 1. The molecule has 0 fully saturated rings. The Bertz CT molecular complexity index is 571. The van der Waals surface area contributed by atoms with Gasteiger partial charge in [-0.25, -0.2) is 9.37 Å². The fraction of sp³-hybridized carbons (Fsp3) is 0.231. The molecular weight excluding hydrogens is 283 g/mol. The molecule has 1 N–H and O–H groups in total. The lowest BCUT2D eigenvalue weighted by Crippen LogP contribution is -2.25. The molecule has 0 atom stereocenters. The maximum Gasteiger partial charge on any atom is 0.270 e. The zero-order valence-corrected chi connectivity index (χ0v) is 11.8. The standard InChI is InChI=1S/C13H13FN2OS2/c14-10-4-2-1-3-9(10)7-12-16-11(8-19-12)13(17)15-5-6-18/h1-4,8,18H,5-7H2,(H,15,17). The number of hydrogen-bond acceptors (Lipinski definition) is 4. The molecule has 1 aromatic carbocycles. The molecule has 19 heavy (non-hydrogen) atoms. The summed E-state index contributed by atoms with van der Waals surface area (Å²) in [5, 5.41) is 5.10. The van der Waals surface area contributed by atoms with Crippen molar-refractivity contribution in [3.8, 4) is 0 Å². The van der Waals surface area contributed by atoms with Crippen molar-refractivity contribution in [1.29, 1.82) is 0 Å². The van der Waals surface area contributed by atoms with Crippen LogP contribution in [0.2, 0.25) is 0 Å². The Morgan fingerprint density at radius 3 is 2.95 bits per heavy atom. The summed E-state index contributed by atoms with van der Waals surface area (Å²) in [6.07, 6.45) is 0.400. The quantitative estimate of drug-likeness (QED) is 0.833. The molecule has 0 saturated carbocycles. The second kappa shape index (κ2) is 6.68. The third kappa shape index (κ3) is 3.78. The van der Waals surface area contributed by atoms with E-state index in [1.54, 1.807) is 23.6 Å². The molecule has 0 aliphatic rings. The second-order valence-electron chi connectivity index (χ2n) is 3.87. The molecule has 0 aliphatic heterocycles. The van der Waals surface area contributed by atoms with Gasteiger partial charge >= 0.3 is 0 Å². The molecule has 2 aromatic rings. The molecule has 100 valence electrons. The number of thiazole rings is 1. The smallest absolute Gasteiger partial charge is 0.270 e. The number of hydrogen-bond donors (Lipinski definition) is 2. The number of carbonyl (C=O) groups excluding carboxylic acids is 1. The van der Waals surface area contributed by atoms with E-state index in [4.69, 9.17) is 0 Å². The predicted molar refractivity (Wildman–Crippen MR) is 77.5 cm³/mol. The summed E-state index contributed by atoms with van der Waals surface area (Å²) in [5.74, 6) is 0.113. The molecule has 2 rings (SSSR count). The van der Waals surface area contributed by atoms with E-state index in [9.17, 15) is 9.18 Å². The minimum Gasteiger partial charge on any atom is -0.350 e. The lowest BCUT2D eigenvalue weighted by molar-refractivity contribution is 0.0952. The minimum atomic E-state index is -0.251. The van der Waals surface area contributed by atoms with Gasteiger partial charge in [0.25, 0.3) is 5.91 Å². The molecule has 0 saturated heterocycles. The van der Waals surface area contributed by atoms with Gasteiger partial charge in [0.05, 0.1) is 5.01 Å². The van der Waals surface area contributed by atoms with Crippen LogP contribution in [0.3, 0.4) is 0 Å². The monoisotopic (exact) mass is 296 g/mol. The van der Waals surface area contributed by atoms with Gasteiger partial charge in [-0.05, 0) is 11.6 Å². The highest BCUT2D eigenvalue weighted by molar-refractivity contribution is 7.80. The molecule has 0 radical (unpaired) electrons. The van der Waals surface area contributed by atoms with Gasteiger partial charge < -0.3 is 5.32 Å². The number of carbonyl (C=O) groups is 1. The van der Waals surface area contributed by atoms with E-state index in [2.05, 4.69) is 22.9 Å². The Balaban J connectivity index is 2.05. The molecule has 0 spiro atoms. The summed E-state index contributed by atoms with van der Waals surface area (Å²) < 4.78 is 13.5. The Labute approximate surface area is 120 Å². The van der Waals surface area contributed by atoms with Crippen LogP contribution in [0.25, 0.3) is 0 Å². The fourth-order valence-corrected chi connectivity index (χ4v) is 2.47. The van der Waals surface area contributed by atoms with Crippen LogP contribution < -0.4 is 5.32 Å². The number of rotatable bonds is 5. The summed E-state index contributed by atoms with van der Waals surface area (Å²) in [6.45, 7) is 0.502. The molecule has 0 aliphatic carbocycles. The first-order valence-electron chi connectivity index (χ1n) is 5.77. The Kier molecular flexibility index (Phi) is 4.93. The van der Waals surface area contributed by atoms with Crippen molar-refractivity contribution >= 4 is 29.9 Å². The van der Waals surface area contributed by atoms with Crippen LogP contribution in [0.1, 0.15) is 21.1 Å². The molecular formula is C13H13FN2OS2. The zero-order chi connectivity index (χ0) is 13.7. The minimum absolute atomic E-state index is 0.218. The third-order valence-corrected chi connectivity index (χ3v) is 3.55. The molecule has 0 bridgehead atoms. The van der Waals surface area contributed by atoms with Gasteiger partial charge in [-0.3, -0.25) is 4.79 Å². The number of thiol groups is 1. The van der Waals surface area contributed by atoms with Gasteiger partial charge in [0, 0.05) is 24.1 Å². The number of nitrogens with one attached hydrogen (secondary N) is 1. The lowest BCUT2D eigenvalue weighted by atomic mass is 10.1. The van der Waals surface area contributed by atoms with Crippen molar-refractivity contribution in [3.63, 3.8) is 0 Å². The van der Waals surface area contributed by atoms with Gasteiger partial charge in [-0.15, -0.1) is 11.3 Å². The van der Waals surface area contributed by atoms with E-state index in [-0.39, 0.29) is 11.7 Å². The maximum absolute atomic E-state index is 13.5. The number of halogens is 1. The van der Waals surface area contributed by atoms with Crippen LogP contribution in [0.5, 0.6) is 0 Å². The Hall–Kier alpha value is -1.40. The summed E-state index contributed by atoms with van der Waals surface area (Å²) in [4.78, 5) is 15.9. The first-order valence-corrected chi connectivity index (χ1v) is 7.29. The van der Waals surface area contributed by atoms with E-state index in [0.717, 1.165) is 5.01 Å². The zero-order valence-electron chi connectivity index (χ0n) is 10.1. The summed E-state index contributed by atoms with van der Waals surface area (Å²) >= 11 is 5.37. The first-order chi connectivity index (χ1) is 9.20. The van der Waals surface area contributed by atoms with Crippen molar-refractivity contribution in [2.24, 2.45) is 0 Å². The van der Waals surface area contributed by atoms with E-state index in [1.807, 2.05) is 0 Å². The second-order valence-corrected chi connectivity index (χ2v) is 5.26. The largest absolute Gasteiger partial charge is 0.350 e. The van der Waals surface area contributed by atoms with Gasteiger partial charge in [0.1, 0.15) is 11.5 Å². The van der Waals surface area contributed by atoms with Crippen molar-refractivity contribution in [3.05, 3.63) is 51.7 Å². The van der Waals surface area contributed by atoms with Crippen LogP contribution >= 0.6 is 24.0 Å². The number of nitrogens with zero attached hydrogens (tertiary/aromatic N) is 1. The van der Waals surface area contributed by atoms with Crippen LogP contribution in [0.4, 0.5) is 4.39 Å². The van der Waals surface area contributed by atoms with Gasteiger partial charge in [-0.1, -0.05) is 18.2 Å². The van der Waals surface area contributed by atoms with Crippen molar-refractivity contribution < 1.29 is 9.18 Å². The molecule has 3 nitrogen and oxygen atoms in total. The highest BCUT2D eigenvalue weighted by atomic mass is 32.1. The average molecular weight is 296 g/mol. The molecule has 1 amide bonds. The molecule has 1 heterocycles. The summed E-state index contributed by atoms with van der Waals surface area (Å²) in [5.41, 5.74) is 0.956. The van der Waals surface area contributed by atoms with Crippen LogP contribution in [0, 0.1) is 5.82 Å². The lowest BCUT2D eigenvalue weighted by Gasteiger charge is -2.00. The highest BCUT2D eigenvalue weighted by Gasteiger charge is 2.11. The number of amides is 1. The highest BCUT2D eigenvalue weighted by Crippen LogP contribution is 2.16. The normalized spacial score (nSPS) is 10.4. The van der Waals surface area contributed by atoms with E-state index >= 15 is 0 Å². The molecule has 1 aromatic heterocycles. The molecule has 0 unspecified atom stereocenters.